The Labute approximate surface area is 204 Å². The molecule has 3 rings (SSSR count). The maximum atomic E-state index is 13.0. The second kappa shape index (κ2) is 12.0. The number of nitrogens with zero attached hydrogens (tertiary/aromatic N) is 3. The molecule has 2 fully saturated rings. The van der Waals surface area contributed by atoms with Crippen molar-refractivity contribution in [1.82, 2.24) is 30.9 Å². The van der Waals surface area contributed by atoms with Gasteiger partial charge in [0.1, 0.15) is 11.3 Å². The molecule has 2 aliphatic rings. The maximum absolute atomic E-state index is 13.0. The molecule has 0 aromatic heterocycles. The summed E-state index contributed by atoms with van der Waals surface area (Å²) in [6.07, 6.45) is 0.766. The molecule has 35 heavy (non-hydrogen) atoms. The van der Waals surface area contributed by atoms with Crippen molar-refractivity contribution in [3.63, 3.8) is 0 Å². The van der Waals surface area contributed by atoms with E-state index in [2.05, 4.69) is 16.1 Å². The van der Waals surface area contributed by atoms with E-state index in [1.807, 2.05) is 9.80 Å². The fraction of sp³-hybridized carbons (Fsp3) is 0.565. The minimum Gasteiger partial charge on any atom is -0.497 e. The third-order valence-corrected chi connectivity index (χ3v) is 6.14. The summed E-state index contributed by atoms with van der Waals surface area (Å²) in [7, 11) is 3.16. The molecule has 0 bridgehead atoms. The number of hydrazine groups is 1. The van der Waals surface area contributed by atoms with Gasteiger partial charge < -0.3 is 20.1 Å². The fourth-order valence-corrected chi connectivity index (χ4v) is 4.03. The third-order valence-electron chi connectivity index (χ3n) is 6.14. The molecule has 2 heterocycles. The van der Waals surface area contributed by atoms with E-state index in [-0.39, 0.29) is 12.5 Å². The third kappa shape index (κ3) is 6.68. The highest BCUT2D eigenvalue weighted by molar-refractivity contribution is 6.08. The number of imide groups is 1. The van der Waals surface area contributed by atoms with Crippen LogP contribution >= 0.6 is 0 Å². The van der Waals surface area contributed by atoms with Crippen LogP contribution in [0.2, 0.25) is 0 Å². The summed E-state index contributed by atoms with van der Waals surface area (Å²) in [4.78, 5) is 54.0. The number of carbonyl (C=O) groups excluding carboxylic acids is 4. The first kappa shape index (κ1) is 26.4. The van der Waals surface area contributed by atoms with Crippen molar-refractivity contribution in [3.8, 4) is 5.75 Å². The summed E-state index contributed by atoms with van der Waals surface area (Å²) in [6, 6.07) is 6.10. The predicted molar refractivity (Wildman–Crippen MR) is 126 cm³/mol. The van der Waals surface area contributed by atoms with Crippen molar-refractivity contribution in [2.45, 2.75) is 18.9 Å². The predicted octanol–water partition coefficient (Wildman–Crippen LogP) is -0.736. The maximum Gasteiger partial charge on any atom is 0.344 e. The molecule has 2 saturated heterocycles. The van der Waals surface area contributed by atoms with Crippen molar-refractivity contribution in [3.05, 3.63) is 29.8 Å². The van der Waals surface area contributed by atoms with Crippen LogP contribution in [-0.2, 0) is 24.7 Å². The fourth-order valence-electron chi connectivity index (χ4n) is 4.03. The van der Waals surface area contributed by atoms with Gasteiger partial charge in [-0.05, 0) is 31.0 Å². The molecule has 3 N–H and O–H groups in total. The molecular weight excluding hydrogens is 456 g/mol. The van der Waals surface area contributed by atoms with E-state index in [1.165, 1.54) is 0 Å². The lowest BCUT2D eigenvalue weighted by Gasteiger charge is -2.34. The Balaban J connectivity index is 1.44. The lowest BCUT2D eigenvalue weighted by molar-refractivity contribution is -0.139. The van der Waals surface area contributed by atoms with Crippen LogP contribution in [-0.4, -0.2) is 105 Å². The van der Waals surface area contributed by atoms with Crippen molar-refractivity contribution in [2.24, 2.45) is 0 Å². The zero-order chi connectivity index (χ0) is 25.4. The van der Waals surface area contributed by atoms with Crippen molar-refractivity contribution >= 4 is 23.8 Å². The van der Waals surface area contributed by atoms with Crippen LogP contribution in [0.1, 0.15) is 18.9 Å². The zero-order valence-electron chi connectivity index (χ0n) is 20.5. The largest absolute Gasteiger partial charge is 0.497 e. The summed E-state index contributed by atoms with van der Waals surface area (Å²) in [5, 5.41) is 6.25. The first-order valence-electron chi connectivity index (χ1n) is 11.6. The highest BCUT2D eigenvalue weighted by Gasteiger charge is 2.50. The topological polar surface area (TPSA) is 133 Å². The van der Waals surface area contributed by atoms with Crippen LogP contribution in [0, 0.1) is 0 Å². The number of carbonyl (C=O) groups is 4. The lowest BCUT2D eigenvalue weighted by atomic mass is 9.92. The van der Waals surface area contributed by atoms with Crippen LogP contribution in [0.3, 0.4) is 0 Å². The van der Waals surface area contributed by atoms with E-state index < -0.39 is 23.4 Å². The summed E-state index contributed by atoms with van der Waals surface area (Å²) < 4.78 is 10.1. The minimum atomic E-state index is -1.30. The molecule has 0 spiro atoms. The van der Waals surface area contributed by atoms with Gasteiger partial charge in [0.15, 0.2) is 0 Å². The van der Waals surface area contributed by atoms with E-state index >= 15 is 0 Å². The summed E-state index contributed by atoms with van der Waals surface area (Å²) in [5.74, 6) is -0.438. The minimum absolute atomic E-state index is 0.0351. The van der Waals surface area contributed by atoms with Gasteiger partial charge in [-0.2, -0.15) is 5.01 Å². The second-order valence-corrected chi connectivity index (χ2v) is 8.71. The summed E-state index contributed by atoms with van der Waals surface area (Å²) in [6.45, 7) is 5.57. The summed E-state index contributed by atoms with van der Waals surface area (Å²) in [5.41, 5.74) is 1.71. The number of amides is 5. The first-order valence-corrected chi connectivity index (χ1v) is 11.6. The van der Waals surface area contributed by atoms with Gasteiger partial charge >= 0.3 is 6.03 Å². The molecule has 12 nitrogen and oxygen atoms in total. The van der Waals surface area contributed by atoms with E-state index in [9.17, 15) is 19.2 Å². The molecule has 1 unspecified atom stereocenters. The van der Waals surface area contributed by atoms with E-state index in [0.717, 1.165) is 11.4 Å². The van der Waals surface area contributed by atoms with Gasteiger partial charge in [-0.15, -0.1) is 0 Å². The molecule has 12 heteroatoms. The quantitative estimate of drug-likeness (QED) is 0.273. The molecule has 1 aromatic carbocycles. The van der Waals surface area contributed by atoms with Gasteiger partial charge in [0.05, 0.1) is 20.2 Å². The molecule has 2 aliphatic heterocycles. The van der Waals surface area contributed by atoms with Gasteiger partial charge in [0.25, 0.3) is 11.8 Å². The highest BCUT2D eigenvalue weighted by atomic mass is 16.5. The van der Waals surface area contributed by atoms with Gasteiger partial charge in [0, 0.05) is 46.4 Å². The second-order valence-electron chi connectivity index (χ2n) is 8.71. The Kier molecular flexibility index (Phi) is 9.01. The van der Waals surface area contributed by atoms with Crippen LogP contribution < -0.4 is 20.8 Å². The molecule has 192 valence electrons. The molecule has 1 aromatic rings. The number of hydrogen-bond acceptors (Lipinski definition) is 8. The number of hydrogen-bond donors (Lipinski definition) is 3. The Hall–Kier alpha value is -3.22. The smallest absolute Gasteiger partial charge is 0.344 e. The number of urea groups is 1. The van der Waals surface area contributed by atoms with Crippen LogP contribution in [0.4, 0.5) is 4.79 Å². The van der Waals surface area contributed by atoms with Crippen LogP contribution in [0.5, 0.6) is 5.75 Å². The molecule has 0 saturated carbocycles. The number of nitrogens with one attached hydrogen (secondary N) is 3. The Morgan fingerprint density at radius 3 is 2.17 bits per heavy atom. The highest BCUT2D eigenvalue weighted by Crippen LogP contribution is 2.29. The number of rotatable bonds is 11. The molecule has 0 aliphatic carbocycles. The van der Waals surface area contributed by atoms with E-state index in [1.54, 1.807) is 45.4 Å². The Bertz CT molecular complexity index is 918. The Morgan fingerprint density at radius 1 is 1.00 bits per heavy atom. The lowest BCUT2D eigenvalue weighted by Crippen LogP contribution is -2.54. The van der Waals surface area contributed by atoms with Crippen molar-refractivity contribution < 1.29 is 28.7 Å². The van der Waals surface area contributed by atoms with Crippen molar-refractivity contribution in [1.29, 1.82) is 0 Å². The van der Waals surface area contributed by atoms with Gasteiger partial charge in [-0.25, -0.2) is 4.79 Å². The average Bonchev–Trinajstić information content (AvgIpc) is 3.07. The summed E-state index contributed by atoms with van der Waals surface area (Å²) >= 11 is 0. The number of ether oxygens (including phenoxy) is 2. The van der Waals surface area contributed by atoms with Gasteiger partial charge in [-0.3, -0.25) is 29.6 Å². The van der Waals surface area contributed by atoms with Crippen molar-refractivity contribution in [2.75, 3.05) is 66.6 Å². The van der Waals surface area contributed by atoms with E-state index in [4.69, 9.17) is 9.47 Å². The standard InChI is InChI=1S/C23H34N6O6/c1-23(17-5-7-18(35-3)8-6-17)21(32)29(22(33)25-23)26-20(31)16-28-12-10-27(11-13-28)15-19(30)24-9-4-14-34-2/h5-8H,4,9-16H2,1-3H3,(H,24,30)(H,25,33)(H,26,31). The van der Waals surface area contributed by atoms with Gasteiger partial charge in [-0.1, -0.05) is 12.1 Å². The Morgan fingerprint density at radius 2 is 1.60 bits per heavy atom. The van der Waals surface area contributed by atoms with E-state index in [0.29, 0.717) is 57.2 Å². The van der Waals surface area contributed by atoms with Crippen LogP contribution in [0.15, 0.2) is 24.3 Å². The molecule has 0 radical (unpaired) electrons. The first-order chi connectivity index (χ1) is 16.8. The van der Waals surface area contributed by atoms with Crippen LogP contribution in [0.25, 0.3) is 0 Å². The zero-order valence-corrected chi connectivity index (χ0v) is 20.5. The molecular formula is C23H34N6O6. The molecule has 5 amide bonds. The monoisotopic (exact) mass is 490 g/mol. The van der Waals surface area contributed by atoms with Gasteiger partial charge in [0.2, 0.25) is 5.91 Å². The average molecular weight is 491 g/mol. The SMILES string of the molecule is COCCCNC(=O)CN1CCN(CC(=O)NN2C(=O)NC(C)(c3ccc(OC)cc3)C2=O)CC1. The molecule has 1 atom stereocenters. The number of methoxy groups -OCH3 is 2. The number of benzene rings is 1. The normalized spacial score (nSPS) is 21.1. The number of piperazine rings is 1.